The Balaban J connectivity index is 2.09. The zero-order valence-corrected chi connectivity index (χ0v) is 13.0. The molecule has 0 spiro atoms. The molecule has 0 bridgehead atoms. The number of benzene rings is 1. The maximum atomic E-state index is 3.51. The third-order valence-corrected chi connectivity index (χ3v) is 4.21. The van der Waals surface area contributed by atoms with E-state index < -0.39 is 0 Å². The van der Waals surface area contributed by atoms with E-state index >= 15 is 0 Å². The van der Waals surface area contributed by atoms with Crippen molar-refractivity contribution in [1.29, 1.82) is 0 Å². The van der Waals surface area contributed by atoms with E-state index in [4.69, 9.17) is 0 Å². The lowest BCUT2D eigenvalue weighted by molar-refractivity contribution is 0.158. The number of hydrogen-bond acceptors (Lipinski definition) is 2. The smallest absolute Gasteiger partial charge is 0.0321 e. The summed E-state index contributed by atoms with van der Waals surface area (Å²) < 4.78 is 0. The monoisotopic (exact) mass is 260 g/mol. The molecule has 1 aromatic carbocycles. The van der Waals surface area contributed by atoms with Gasteiger partial charge in [-0.1, -0.05) is 45.0 Å². The summed E-state index contributed by atoms with van der Waals surface area (Å²) in [5.41, 5.74) is 3.09. The predicted octanol–water partition coefficient (Wildman–Crippen LogP) is 3.34. The van der Waals surface area contributed by atoms with Crippen LogP contribution < -0.4 is 5.32 Å². The van der Waals surface area contributed by atoms with E-state index in [0.717, 1.165) is 19.6 Å². The first kappa shape index (κ1) is 14.5. The largest absolute Gasteiger partial charge is 0.312 e. The van der Waals surface area contributed by atoms with E-state index in [1.807, 2.05) is 0 Å². The van der Waals surface area contributed by atoms with Crippen LogP contribution in [0.3, 0.4) is 0 Å². The number of nitrogens with one attached hydrogen (secondary N) is 1. The first-order valence-electron chi connectivity index (χ1n) is 7.46. The molecule has 0 aliphatic carbocycles. The van der Waals surface area contributed by atoms with Gasteiger partial charge in [0, 0.05) is 31.7 Å². The van der Waals surface area contributed by atoms with Gasteiger partial charge < -0.3 is 5.32 Å². The fraction of sp³-hybridized carbons (Fsp3) is 0.647. The standard InChI is InChI=1S/C17H28N2/c1-13-12-19(11-10-18-13)14(2)15-6-8-16(9-7-15)17(3,4)5/h6-9,13-14,18H,10-12H2,1-5H3. The van der Waals surface area contributed by atoms with E-state index in [-0.39, 0.29) is 5.41 Å². The van der Waals surface area contributed by atoms with Crippen molar-refractivity contribution in [1.82, 2.24) is 10.2 Å². The van der Waals surface area contributed by atoms with Crippen molar-refractivity contribution in [2.45, 2.75) is 52.1 Å². The lowest BCUT2D eigenvalue weighted by Gasteiger charge is -2.36. The fourth-order valence-corrected chi connectivity index (χ4v) is 2.79. The van der Waals surface area contributed by atoms with Crippen LogP contribution in [-0.2, 0) is 5.41 Å². The van der Waals surface area contributed by atoms with Crippen LogP contribution in [0, 0.1) is 0 Å². The normalized spacial score (nSPS) is 23.3. The molecule has 0 amide bonds. The molecule has 1 aliphatic rings. The van der Waals surface area contributed by atoms with Gasteiger partial charge >= 0.3 is 0 Å². The average Bonchev–Trinajstić information content (AvgIpc) is 2.37. The lowest BCUT2D eigenvalue weighted by Crippen LogP contribution is -2.49. The summed E-state index contributed by atoms with van der Waals surface area (Å²) in [5.74, 6) is 0. The van der Waals surface area contributed by atoms with E-state index in [1.54, 1.807) is 0 Å². The molecule has 0 radical (unpaired) electrons. The van der Waals surface area contributed by atoms with Gasteiger partial charge in [0.05, 0.1) is 0 Å². The molecule has 1 aliphatic heterocycles. The Morgan fingerprint density at radius 1 is 1.21 bits per heavy atom. The summed E-state index contributed by atoms with van der Waals surface area (Å²) in [6.45, 7) is 14.8. The summed E-state index contributed by atoms with van der Waals surface area (Å²) in [5, 5.41) is 3.51. The van der Waals surface area contributed by atoms with Crippen LogP contribution in [0.4, 0.5) is 0 Å². The molecule has 0 saturated carbocycles. The van der Waals surface area contributed by atoms with Gasteiger partial charge in [0.1, 0.15) is 0 Å². The van der Waals surface area contributed by atoms with Gasteiger partial charge in [-0.2, -0.15) is 0 Å². The quantitative estimate of drug-likeness (QED) is 0.877. The zero-order chi connectivity index (χ0) is 14.0. The molecular weight excluding hydrogens is 232 g/mol. The Labute approximate surface area is 118 Å². The second kappa shape index (κ2) is 5.64. The van der Waals surface area contributed by atoms with E-state index in [2.05, 4.69) is 69.1 Å². The zero-order valence-electron chi connectivity index (χ0n) is 13.0. The number of hydrogen-bond donors (Lipinski definition) is 1. The van der Waals surface area contributed by atoms with Gasteiger partial charge in [0.15, 0.2) is 0 Å². The van der Waals surface area contributed by atoms with Crippen molar-refractivity contribution in [3.05, 3.63) is 35.4 Å². The SMILES string of the molecule is CC1CN(C(C)c2ccc(C(C)(C)C)cc2)CCN1. The average molecular weight is 260 g/mol. The minimum atomic E-state index is 0.241. The Kier molecular flexibility index (Phi) is 4.32. The van der Waals surface area contributed by atoms with Crippen LogP contribution in [0.2, 0.25) is 0 Å². The van der Waals surface area contributed by atoms with Crippen molar-refractivity contribution >= 4 is 0 Å². The van der Waals surface area contributed by atoms with Crippen molar-refractivity contribution in [2.24, 2.45) is 0 Å². The fourth-order valence-electron chi connectivity index (χ4n) is 2.79. The Morgan fingerprint density at radius 3 is 2.37 bits per heavy atom. The number of piperazine rings is 1. The van der Waals surface area contributed by atoms with Crippen molar-refractivity contribution in [3.8, 4) is 0 Å². The second-order valence-electron chi connectivity index (χ2n) is 6.90. The van der Waals surface area contributed by atoms with Gasteiger partial charge in [-0.3, -0.25) is 4.90 Å². The Bertz CT molecular complexity index is 402. The maximum Gasteiger partial charge on any atom is 0.0321 e. The molecule has 1 saturated heterocycles. The lowest BCUT2D eigenvalue weighted by atomic mass is 9.86. The summed E-state index contributed by atoms with van der Waals surface area (Å²) in [4.78, 5) is 2.58. The topological polar surface area (TPSA) is 15.3 Å². The minimum absolute atomic E-state index is 0.241. The molecule has 2 heteroatoms. The van der Waals surface area contributed by atoms with E-state index in [9.17, 15) is 0 Å². The number of rotatable bonds is 2. The highest BCUT2D eigenvalue weighted by Gasteiger charge is 2.22. The molecule has 2 unspecified atom stereocenters. The molecule has 0 aromatic heterocycles. The number of nitrogens with zero attached hydrogens (tertiary/aromatic N) is 1. The molecule has 1 N–H and O–H groups in total. The van der Waals surface area contributed by atoms with Gasteiger partial charge in [-0.15, -0.1) is 0 Å². The van der Waals surface area contributed by atoms with E-state index in [1.165, 1.54) is 11.1 Å². The van der Waals surface area contributed by atoms with Crippen molar-refractivity contribution < 1.29 is 0 Å². The summed E-state index contributed by atoms with van der Waals surface area (Å²) in [6.07, 6.45) is 0. The molecular formula is C17H28N2. The highest BCUT2D eigenvalue weighted by molar-refractivity contribution is 5.29. The molecule has 106 valence electrons. The Hall–Kier alpha value is -0.860. The van der Waals surface area contributed by atoms with Crippen LogP contribution in [0.25, 0.3) is 0 Å². The summed E-state index contributed by atoms with van der Waals surface area (Å²) >= 11 is 0. The predicted molar refractivity (Wildman–Crippen MR) is 82.6 cm³/mol. The van der Waals surface area contributed by atoms with Crippen LogP contribution in [0.15, 0.2) is 24.3 Å². The molecule has 1 fully saturated rings. The highest BCUT2D eigenvalue weighted by Crippen LogP contribution is 2.26. The first-order chi connectivity index (χ1) is 8.88. The van der Waals surface area contributed by atoms with E-state index in [0.29, 0.717) is 12.1 Å². The minimum Gasteiger partial charge on any atom is -0.312 e. The summed E-state index contributed by atoms with van der Waals surface area (Å²) in [7, 11) is 0. The van der Waals surface area contributed by atoms with Crippen molar-refractivity contribution in [2.75, 3.05) is 19.6 Å². The van der Waals surface area contributed by atoms with Crippen molar-refractivity contribution in [3.63, 3.8) is 0 Å². The Morgan fingerprint density at radius 2 is 1.84 bits per heavy atom. The third kappa shape index (κ3) is 3.58. The summed E-state index contributed by atoms with van der Waals surface area (Å²) in [6, 6.07) is 10.3. The third-order valence-electron chi connectivity index (χ3n) is 4.21. The van der Waals surface area contributed by atoms with Gasteiger partial charge in [-0.25, -0.2) is 0 Å². The van der Waals surface area contributed by atoms with Crippen LogP contribution in [0.5, 0.6) is 0 Å². The van der Waals surface area contributed by atoms with Crippen LogP contribution in [0.1, 0.15) is 51.8 Å². The van der Waals surface area contributed by atoms with Crippen LogP contribution in [-0.4, -0.2) is 30.6 Å². The second-order valence-corrected chi connectivity index (χ2v) is 6.90. The molecule has 1 aromatic rings. The maximum absolute atomic E-state index is 3.51. The molecule has 19 heavy (non-hydrogen) atoms. The molecule has 1 heterocycles. The highest BCUT2D eigenvalue weighted by atomic mass is 15.2. The molecule has 2 nitrogen and oxygen atoms in total. The first-order valence-corrected chi connectivity index (χ1v) is 7.46. The molecule has 2 atom stereocenters. The van der Waals surface area contributed by atoms with Gasteiger partial charge in [0.25, 0.3) is 0 Å². The van der Waals surface area contributed by atoms with Crippen LogP contribution >= 0.6 is 0 Å². The molecule has 2 rings (SSSR count). The van der Waals surface area contributed by atoms with Gasteiger partial charge in [0.2, 0.25) is 0 Å². The van der Waals surface area contributed by atoms with Gasteiger partial charge in [-0.05, 0) is 30.4 Å².